The maximum absolute atomic E-state index is 10.8. The van der Waals surface area contributed by atoms with Gasteiger partial charge in [0.25, 0.3) is 5.69 Å². The van der Waals surface area contributed by atoms with E-state index in [1.165, 1.54) is 6.07 Å². The predicted octanol–water partition coefficient (Wildman–Crippen LogP) is 2.29. The molecule has 0 radical (unpaired) electrons. The van der Waals surface area contributed by atoms with E-state index in [4.69, 9.17) is 5.11 Å². The fourth-order valence-electron chi connectivity index (χ4n) is 1.49. The van der Waals surface area contributed by atoms with E-state index in [9.17, 15) is 10.1 Å². The first-order valence-corrected chi connectivity index (χ1v) is 4.91. The Balaban J connectivity index is 3.09. The Morgan fingerprint density at radius 2 is 2.13 bits per heavy atom. The molecular weight excluding hydrogens is 194 g/mol. The van der Waals surface area contributed by atoms with E-state index in [0.29, 0.717) is 17.9 Å². The van der Waals surface area contributed by atoms with Gasteiger partial charge in [0.2, 0.25) is 0 Å². The lowest BCUT2D eigenvalue weighted by atomic mass is 10.00. The minimum absolute atomic E-state index is 0.107. The summed E-state index contributed by atoms with van der Waals surface area (Å²) in [6.45, 7) is 3.87. The van der Waals surface area contributed by atoms with Crippen molar-refractivity contribution in [1.82, 2.24) is 0 Å². The van der Waals surface area contributed by atoms with Crippen molar-refractivity contribution >= 4 is 5.69 Å². The van der Waals surface area contributed by atoms with E-state index in [1.54, 1.807) is 12.1 Å². The van der Waals surface area contributed by atoms with E-state index in [-0.39, 0.29) is 12.3 Å². The maximum atomic E-state index is 10.8. The average molecular weight is 209 g/mol. The summed E-state index contributed by atoms with van der Waals surface area (Å²) in [4.78, 5) is 10.4. The summed E-state index contributed by atoms with van der Waals surface area (Å²) < 4.78 is 0. The lowest BCUT2D eigenvalue weighted by molar-refractivity contribution is -0.385. The van der Waals surface area contributed by atoms with Crippen LogP contribution in [0.5, 0.6) is 0 Å². The summed E-state index contributed by atoms with van der Waals surface area (Å²) in [5.74, 6) is 0.378. The van der Waals surface area contributed by atoms with Gasteiger partial charge >= 0.3 is 0 Å². The molecule has 0 aliphatic heterocycles. The van der Waals surface area contributed by atoms with E-state index in [2.05, 4.69) is 0 Å². The Kier molecular flexibility index (Phi) is 3.80. The number of nitrogens with zero attached hydrogens (tertiary/aromatic N) is 1. The SMILES string of the molecule is CC(C)Cc1ccc(CO)cc1[N+](=O)[O-]. The Morgan fingerprint density at radius 3 is 2.60 bits per heavy atom. The van der Waals surface area contributed by atoms with Crippen LogP contribution in [0.1, 0.15) is 25.0 Å². The second kappa shape index (κ2) is 4.89. The molecule has 0 saturated heterocycles. The van der Waals surface area contributed by atoms with Gasteiger partial charge in [-0.05, 0) is 17.9 Å². The van der Waals surface area contributed by atoms with Gasteiger partial charge in [0, 0.05) is 11.6 Å². The molecule has 4 heteroatoms. The first-order chi connectivity index (χ1) is 7.04. The standard InChI is InChI=1S/C11H15NO3/c1-8(2)5-10-4-3-9(7-13)6-11(10)12(14)15/h3-4,6,8,13H,5,7H2,1-2H3. The van der Waals surface area contributed by atoms with Crippen LogP contribution in [0.25, 0.3) is 0 Å². The van der Waals surface area contributed by atoms with Crippen LogP contribution >= 0.6 is 0 Å². The van der Waals surface area contributed by atoms with Gasteiger partial charge < -0.3 is 5.11 Å². The van der Waals surface area contributed by atoms with Crippen LogP contribution in [0, 0.1) is 16.0 Å². The van der Waals surface area contributed by atoms with Gasteiger partial charge in [-0.2, -0.15) is 0 Å². The molecule has 0 heterocycles. The molecule has 1 N–H and O–H groups in total. The van der Waals surface area contributed by atoms with E-state index < -0.39 is 4.92 Å². The topological polar surface area (TPSA) is 63.4 Å². The van der Waals surface area contributed by atoms with Crippen molar-refractivity contribution < 1.29 is 10.0 Å². The van der Waals surface area contributed by atoms with Gasteiger partial charge in [0.1, 0.15) is 0 Å². The van der Waals surface area contributed by atoms with Crippen LogP contribution in [-0.2, 0) is 13.0 Å². The molecule has 15 heavy (non-hydrogen) atoms. The largest absolute Gasteiger partial charge is 0.392 e. The number of hydrogen-bond acceptors (Lipinski definition) is 3. The van der Waals surface area contributed by atoms with Crippen LogP contribution in [-0.4, -0.2) is 10.0 Å². The number of aliphatic hydroxyl groups is 1. The minimum Gasteiger partial charge on any atom is -0.392 e. The molecule has 0 fully saturated rings. The number of aliphatic hydroxyl groups excluding tert-OH is 1. The third kappa shape index (κ3) is 3.02. The van der Waals surface area contributed by atoms with Crippen LogP contribution in [0.3, 0.4) is 0 Å². The van der Waals surface area contributed by atoms with Gasteiger partial charge in [-0.25, -0.2) is 0 Å². The molecule has 0 aliphatic carbocycles. The Bertz CT molecular complexity index is 361. The monoisotopic (exact) mass is 209 g/mol. The van der Waals surface area contributed by atoms with Gasteiger partial charge in [0.15, 0.2) is 0 Å². The second-order valence-electron chi connectivity index (χ2n) is 3.98. The molecule has 82 valence electrons. The van der Waals surface area contributed by atoms with Gasteiger partial charge in [-0.1, -0.05) is 26.0 Å². The lowest BCUT2D eigenvalue weighted by Gasteiger charge is -2.06. The average Bonchev–Trinajstić information content (AvgIpc) is 2.17. The fourth-order valence-corrected chi connectivity index (χ4v) is 1.49. The predicted molar refractivity (Wildman–Crippen MR) is 57.6 cm³/mol. The zero-order valence-electron chi connectivity index (χ0n) is 8.93. The van der Waals surface area contributed by atoms with Crippen molar-refractivity contribution in [3.05, 3.63) is 39.4 Å². The molecule has 4 nitrogen and oxygen atoms in total. The molecule has 0 unspecified atom stereocenters. The highest BCUT2D eigenvalue weighted by Gasteiger charge is 2.14. The smallest absolute Gasteiger partial charge is 0.272 e. The van der Waals surface area contributed by atoms with Crippen molar-refractivity contribution in [1.29, 1.82) is 0 Å². The summed E-state index contributed by atoms with van der Waals surface area (Å²) in [6.07, 6.45) is 0.683. The number of hydrogen-bond donors (Lipinski definition) is 1. The summed E-state index contributed by atoms with van der Waals surface area (Å²) in [7, 11) is 0. The highest BCUT2D eigenvalue weighted by atomic mass is 16.6. The van der Waals surface area contributed by atoms with Crippen LogP contribution in [0.4, 0.5) is 5.69 Å². The van der Waals surface area contributed by atoms with Crippen LogP contribution in [0.2, 0.25) is 0 Å². The quantitative estimate of drug-likeness (QED) is 0.611. The van der Waals surface area contributed by atoms with Gasteiger partial charge in [-0.3, -0.25) is 10.1 Å². The molecule has 0 amide bonds. The second-order valence-corrected chi connectivity index (χ2v) is 3.98. The highest BCUT2D eigenvalue weighted by Crippen LogP contribution is 2.23. The molecule has 0 saturated carbocycles. The summed E-state index contributed by atoms with van der Waals surface area (Å²) in [6, 6.07) is 4.89. The van der Waals surface area contributed by atoms with Crippen molar-refractivity contribution in [2.75, 3.05) is 0 Å². The molecule has 0 aliphatic rings. The molecule has 1 rings (SSSR count). The molecule has 0 bridgehead atoms. The Hall–Kier alpha value is -1.42. The number of nitro benzene ring substituents is 1. The Morgan fingerprint density at radius 1 is 1.47 bits per heavy atom. The van der Waals surface area contributed by atoms with Crippen molar-refractivity contribution in [2.24, 2.45) is 5.92 Å². The number of rotatable bonds is 4. The molecule has 0 spiro atoms. The number of nitro groups is 1. The lowest BCUT2D eigenvalue weighted by Crippen LogP contribution is -2.01. The van der Waals surface area contributed by atoms with Gasteiger partial charge in [0.05, 0.1) is 11.5 Å². The fraction of sp³-hybridized carbons (Fsp3) is 0.455. The molecule has 1 aromatic carbocycles. The molecule has 0 atom stereocenters. The summed E-state index contributed by atoms with van der Waals surface area (Å²) in [5, 5.41) is 19.7. The third-order valence-electron chi connectivity index (χ3n) is 2.16. The van der Waals surface area contributed by atoms with E-state index in [0.717, 1.165) is 5.56 Å². The zero-order valence-corrected chi connectivity index (χ0v) is 8.93. The van der Waals surface area contributed by atoms with Crippen molar-refractivity contribution in [3.63, 3.8) is 0 Å². The molecular formula is C11H15NO3. The maximum Gasteiger partial charge on any atom is 0.272 e. The first-order valence-electron chi connectivity index (χ1n) is 4.91. The van der Waals surface area contributed by atoms with Gasteiger partial charge in [-0.15, -0.1) is 0 Å². The third-order valence-corrected chi connectivity index (χ3v) is 2.16. The van der Waals surface area contributed by atoms with E-state index >= 15 is 0 Å². The van der Waals surface area contributed by atoms with Crippen molar-refractivity contribution in [3.8, 4) is 0 Å². The minimum atomic E-state index is -0.392. The summed E-state index contributed by atoms with van der Waals surface area (Å²) >= 11 is 0. The first kappa shape index (κ1) is 11.7. The normalized spacial score (nSPS) is 10.7. The van der Waals surface area contributed by atoms with Crippen LogP contribution in [0.15, 0.2) is 18.2 Å². The van der Waals surface area contributed by atoms with Crippen LogP contribution < -0.4 is 0 Å². The highest BCUT2D eigenvalue weighted by molar-refractivity contribution is 5.43. The van der Waals surface area contributed by atoms with E-state index in [1.807, 2.05) is 13.8 Å². The zero-order chi connectivity index (χ0) is 11.4. The van der Waals surface area contributed by atoms with Crippen molar-refractivity contribution in [2.45, 2.75) is 26.9 Å². The molecule has 0 aromatic heterocycles. The number of benzene rings is 1. The molecule has 1 aromatic rings. The Labute approximate surface area is 88.7 Å². The summed E-state index contributed by atoms with van der Waals surface area (Å²) in [5.41, 5.74) is 1.41.